The number of esters is 1. The molecule has 12 heteroatoms. The van der Waals surface area contributed by atoms with Gasteiger partial charge in [0.25, 0.3) is 0 Å². The molecule has 0 aliphatic carbocycles. The summed E-state index contributed by atoms with van der Waals surface area (Å²) < 4.78 is 73.1. The number of carbonyl (C=O) groups excluding carboxylic acids is 1. The number of hydrogen-bond donors (Lipinski definition) is 1. The Labute approximate surface area is 223 Å². The molecule has 1 aromatic heterocycles. The van der Waals surface area contributed by atoms with Gasteiger partial charge >= 0.3 is 5.97 Å². The topological polar surface area (TPSA) is 101 Å². The molecule has 0 atom stereocenters. The van der Waals surface area contributed by atoms with Crippen molar-refractivity contribution in [2.45, 2.75) is 30.6 Å². The SMILES string of the molecule is COC(=O)Cc1ccc(Nc2nc(N3CC=C(c4ccc(F)cc4F)CC3)nc3c2S(=O)(=O)CCC3)c(F)c1. The number of nitrogens with zero attached hydrogens (tertiary/aromatic N) is 3. The van der Waals surface area contributed by atoms with Gasteiger partial charge in [-0.15, -0.1) is 0 Å². The molecule has 5 rings (SSSR count). The van der Waals surface area contributed by atoms with Crippen LogP contribution in [0.1, 0.15) is 29.7 Å². The summed E-state index contributed by atoms with van der Waals surface area (Å²) in [5.41, 5.74) is 1.77. The number of carbonyl (C=O) groups is 1. The van der Waals surface area contributed by atoms with Crippen LogP contribution in [-0.4, -0.2) is 50.3 Å². The highest BCUT2D eigenvalue weighted by atomic mass is 32.2. The molecule has 2 aliphatic heterocycles. The van der Waals surface area contributed by atoms with E-state index in [4.69, 9.17) is 0 Å². The van der Waals surface area contributed by atoms with Crippen molar-refractivity contribution in [2.24, 2.45) is 0 Å². The second-order valence-electron chi connectivity index (χ2n) is 9.31. The van der Waals surface area contributed by atoms with E-state index in [1.54, 1.807) is 6.08 Å². The van der Waals surface area contributed by atoms with Crippen molar-refractivity contribution in [1.29, 1.82) is 0 Å². The third-order valence-electron chi connectivity index (χ3n) is 6.69. The number of methoxy groups -OCH3 is 1. The first kappa shape index (κ1) is 26.7. The molecule has 0 saturated heterocycles. The second-order valence-corrected chi connectivity index (χ2v) is 11.4. The first-order valence-corrected chi connectivity index (χ1v) is 13.9. The molecule has 0 saturated carbocycles. The van der Waals surface area contributed by atoms with E-state index in [0.29, 0.717) is 49.2 Å². The van der Waals surface area contributed by atoms with Crippen molar-refractivity contribution in [2.75, 3.05) is 36.2 Å². The Morgan fingerprint density at radius 2 is 1.90 bits per heavy atom. The number of ether oxygens (including phenoxy) is 1. The van der Waals surface area contributed by atoms with Gasteiger partial charge in [-0.25, -0.2) is 26.6 Å². The Kier molecular flexibility index (Phi) is 7.30. The number of aryl methyl sites for hydroxylation is 1. The first-order chi connectivity index (χ1) is 18.6. The number of rotatable bonds is 6. The predicted octanol–water partition coefficient (Wildman–Crippen LogP) is 4.37. The number of benzene rings is 2. The molecule has 2 aromatic carbocycles. The van der Waals surface area contributed by atoms with Crippen LogP contribution in [0.3, 0.4) is 0 Å². The van der Waals surface area contributed by atoms with Gasteiger partial charge in [0.05, 0.1) is 30.7 Å². The molecule has 0 unspecified atom stereocenters. The van der Waals surface area contributed by atoms with Crippen LogP contribution >= 0.6 is 0 Å². The molecule has 39 heavy (non-hydrogen) atoms. The third kappa shape index (κ3) is 5.60. The lowest BCUT2D eigenvalue weighted by Gasteiger charge is -2.29. The number of sulfone groups is 1. The van der Waals surface area contributed by atoms with Crippen LogP contribution in [0.25, 0.3) is 5.57 Å². The van der Waals surface area contributed by atoms with E-state index in [9.17, 15) is 26.4 Å². The van der Waals surface area contributed by atoms with Crippen molar-refractivity contribution in [3.63, 3.8) is 0 Å². The molecule has 0 radical (unpaired) electrons. The van der Waals surface area contributed by atoms with Gasteiger partial charge in [-0.05, 0) is 54.7 Å². The monoisotopic (exact) mass is 558 g/mol. The number of nitrogens with one attached hydrogen (secondary N) is 1. The van der Waals surface area contributed by atoms with E-state index in [1.807, 2.05) is 4.90 Å². The van der Waals surface area contributed by atoms with Gasteiger partial charge in [-0.1, -0.05) is 12.1 Å². The van der Waals surface area contributed by atoms with Gasteiger partial charge in [0.2, 0.25) is 5.95 Å². The van der Waals surface area contributed by atoms with Crippen molar-refractivity contribution in [1.82, 2.24) is 9.97 Å². The fraction of sp³-hybridized carbons (Fsp3) is 0.296. The Balaban J connectivity index is 1.47. The average Bonchev–Trinajstić information content (AvgIpc) is 2.90. The molecular formula is C27H25F3N4O4S. The zero-order valence-electron chi connectivity index (χ0n) is 21.0. The van der Waals surface area contributed by atoms with E-state index in [1.165, 1.54) is 37.4 Å². The van der Waals surface area contributed by atoms with Crippen molar-refractivity contribution in [3.05, 3.63) is 76.7 Å². The van der Waals surface area contributed by atoms with Crippen LogP contribution < -0.4 is 10.2 Å². The van der Waals surface area contributed by atoms with Crippen LogP contribution in [0.4, 0.5) is 30.6 Å². The maximum atomic E-state index is 15.0. The summed E-state index contributed by atoms with van der Waals surface area (Å²) in [6, 6.07) is 7.57. The van der Waals surface area contributed by atoms with Gasteiger partial charge in [-0.3, -0.25) is 4.79 Å². The highest BCUT2D eigenvalue weighted by molar-refractivity contribution is 7.91. The minimum absolute atomic E-state index is 0.0103. The first-order valence-electron chi connectivity index (χ1n) is 12.3. The number of anilines is 3. The quantitative estimate of drug-likeness (QED) is 0.446. The van der Waals surface area contributed by atoms with Crippen molar-refractivity contribution in [3.8, 4) is 0 Å². The van der Waals surface area contributed by atoms with Crippen LogP contribution in [0.15, 0.2) is 47.4 Å². The van der Waals surface area contributed by atoms with E-state index in [0.717, 1.165) is 11.6 Å². The largest absolute Gasteiger partial charge is 0.469 e. The zero-order chi connectivity index (χ0) is 27.7. The summed E-state index contributed by atoms with van der Waals surface area (Å²) in [7, 11) is -2.47. The summed E-state index contributed by atoms with van der Waals surface area (Å²) in [6.45, 7) is 0.720. The Bertz CT molecular complexity index is 1590. The van der Waals surface area contributed by atoms with E-state index >= 15 is 0 Å². The van der Waals surface area contributed by atoms with E-state index in [-0.39, 0.29) is 34.5 Å². The second kappa shape index (κ2) is 10.7. The molecule has 1 N–H and O–H groups in total. The fourth-order valence-electron chi connectivity index (χ4n) is 4.72. The Hall–Kier alpha value is -3.93. The molecule has 8 nitrogen and oxygen atoms in total. The zero-order valence-corrected chi connectivity index (χ0v) is 21.8. The summed E-state index contributed by atoms with van der Waals surface area (Å²) in [4.78, 5) is 22.3. The average molecular weight is 559 g/mol. The normalized spacial score (nSPS) is 16.3. The van der Waals surface area contributed by atoms with E-state index in [2.05, 4.69) is 20.0 Å². The third-order valence-corrected chi connectivity index (χ3v) is 8.57. The molecule has 0 bridgehead atoms. The summed E-state index contributed by atoms with van der Waals surface area (Å²) >= 11 is 0. The van der Waals surface area contributed by atoms with Crippen molar-refractivity contribution >= 4 is 38.8 Å². The molecule has 0 fully saturated rings. The molecule has 2 aliphatic rings. The Morgan fingerprint density at radius 1 is 1.08 bits per heavy atom. The maximum absolute atomic E-state index is 15.0. The number of aromatic nitrogens is 2. The molecule has 3 heterocycles. The lowest BCUT2D eigenvalue weighted by Crippen LogP contribution is -2.31. The molecular weight excluding hydrogens is 533 g/mol. The van der Waals surface area contributed by atoms with Crippen LogP contribution in [0.2, 0.25) is 0 Å². The summed E-state index contributed by atoms with van der Waals surface area (Å²) in [6.07, 6.45) is 2.93. The summed E-state index contributed by atoms with van der Waals surface area (Å²) in [5.74, 6) is -2.35. The molecule has 3 aromatic rings. The van der Waals surface area contributed by atoms with Gasteiger partial charge in [0.1, 0.15) is 22.3 Å². The van der Waals surface area contributed by atoms with Crippen LogP contribution in [0, 0.1) is 17.5 Å². The predicted molar refractivity (Wildman–Crippen MR) is 139 cm³/mol. The summed E-state index contributed by atoms with van der Waals surface area (Å²) in [5, 5.41) is 2.83. The minimum atomic E-state index is -3.71. The highest BCUT2D eigenvalue weighted by Gasteiger charge is 2.32. The van der Waals surface area contributed by atoms with Gasteiger partial charge in [0.15, 0.2) is 15.7 Å². The van der Waals surface area contributed by atoms with Crippen molar-refractivity contribution < 1.29 is 31.1 Å². The maximum Gasteiger partial charge on any atom is 0.309 e. The van der Waals surface area contributed by atoms with Gasteiger partial charge in [-0.2, -0.15) is 4.98 Å². The van der Waals surface area contributed by atoms with Gasteiger partial charge < -0.3 is 15.0 Å². The van der Waals surface area contributed by atoms with E-state index < -0.39 is 33.3 Å². The smallest absolute Gasteiger partial charge is 0.309 e. The number of fused-ring (bicyclic) bond motifs is 1. The van der Waals surface area contributed by atoms with Gasteiger partial charge in [0, 0.05) is 24.7 Å². The molecule has 0 spiro atoms. The molecule has 0 amide bonds. The Morgan fingerprint density at radius 3 is 2.59 bits per heavy atom. The molecule has 204 valence electrons. The highest BCUT2D eigenvalue weighted by Crippen LogP contribution is 2.35. The minimum Gasteiger partial charge on any atom is -0.469 e. The number of hydrogen-bond acceptors (Lipinski definition) is 8. The standard InChI is InChI=1S/C27H25F3N4O4S/c1-38-24(35)14-16-4-7-22(21(30)13-16)31-26-25-23(3-2-12-39(25,36)37)32-27(33-26)34-10-8-17(9-11-34)19-6-5-18(28)15-20(19)29/h4-8,13,15H,2-3,9-12,14H2,1H3,(H,31,32,33). The van der Waals surface area contributed by atoms with Crippen LogP contribution in [-0.2, 0) is 32.2 Å². The number of halogens is 3. The lowest BCUT2D eigenvalue weighted by atomic mass is 9.99. The lowest BCUT2D eigenvalue weighted by molar-refractivity contribution is -0.139. The fourth-order valence-corrected chi connectivity index (χ4v) is 6.35. The van der Waals surface area contributed by atoms with Crippen LogP contribution in [0.5, 0.6) is 0 Å².